The molecule has 17 heavy (non-hydrogen) atoms. The Kier molecular flexibility index (Phi) is 2.79. The molecule has 0 saturated carbocycles. The first kappa shape index (κ1) is 11.0. The van der Waals surface area contributed by atoms with Crippen LogP contribution >= 0.6 is 31.9 Å². The number of hydrogen-bond acceptors (Lipinski definition) is 4. The lowest BCUT2D eigenvalue weighted by Crippen LogP contribution is -2.31. The van der Waals surface area contributed by atoms with E-state index >= 15 is 0 Å². The highest BCUT2D eigenvalue weighted by atomic mass is 79.9. The zero-order chi connectivity index (χ0) is 11.8. The first-order chi connectivity index (χ1) is 8.24. The molecule has 2 aromatic rings. The summed E-state index contributed by atoms with van der Waals surface area (Å²) >= 11 is 6.95. The van der Waals surface area contributed by atoms with Crippen molar-refractivity contribution in [3.8, 4) is 0 Å². The molecule has 0 unspecified atom stereocenters. The third kappa shape index (κ3) is 2.04. The van der Waals surface area contributed by atoms with Crippen LogP contribution in [-0.4, -0.2) is 28.7 Å². The van der Waals surface area contributed by atoms with Gasteiger partial charge >= 0.3 is 0 Å². The summed E-state index contributed by atoms with van der Waals surface area (Å²) in [5.41, 5.74) is 5.09. The maximum Gasteiger partial charge on any atom is 0.211 e. The molecule has 5 nitrogen and oxygen atoms in total. The highest BCUT2D eigenvalue weighted by Crippen LogP contribution is 2.27. The van der Waals surface area contributed by atoms with E-state index in [0.29, 0.717) is 0 Å². The van der Waals surface area contributed by atoms with Gasteiger partial charge in [0, 0.05) is 15.5 Å². The average Bonchev–Trinajstić information content (AvgIpc) is 2.92. The number of rotatable bonds is 1. The van der Waals surface area contributed by atoms with Crippen LogP contribution in [0.15, 0.2) is 32.4 Å². The summed E-state index contributed by atoms with van der Waals surface area (Å²) in [7, 11) is 0. The van der Waals surface area contributed by atoms with Crippen LogP contribution in [0.2, 0.25) is 0 Å². The first-order valence-electron chi connectivity index (χ1n) is 5.11. The van der Waals surface area contributed by atoms with Crippen LogP contribution in [0.1, 0.15) is 0 Å². The number of fused-ring (bicyclic) bond motifs is 1. The molecule has 1 aliphatic heterocycles. The summed E-state index contributed by atoms with van der Waals surface area (Å²) in [6.45, 7) is 1.69. The van der Waals surface area contributed by atoms with Crippen molar-refractivity contribution < 1.29 is 0 Å². The van der Waals surface area contributed by atoms with Gasteiger partial charge in [0.15, 0.2) is 0 Å². The van der Waals surface area contributed by atoms with Gasteiger partial charge < -0.3 is 5.32 Å². The normalized spacial score (nSPS) is 14.8. The Morgan fingerprint density at radius 1 is 1.29 bits per heavy atom. The van der Waals surface area contributed by atoms with E-state index in [-0.39, 0.29) is 0 Å². The largest absolute Gasteiger partial charge is 0.353 e. The van der Waals surface area contributed by atoms with Gasteiger partial charge in [-0.1, -0.05) is 0 Å². The van der Waals surface area contributed by atoms with Crippen molar-refractivity contribution in [2.24, 2.45) is 4.99 Å². The number of guanidine groups is 1. The van der Waals surface area contributed by atoms with Gasteiger partial charge in [-0.05, 0) is 44.0 Å². The van der Waals surface area contributed by atoms with Crippen LogP contribution in [0.5, 0.6) is 0 Å². The summed E-state index contributed by atoms with van der Waals surface area (Å²) in [5.74, 6) is 0.781. The molecule has 0 fully saturated rings. The second-order valence-corrected chi connectivity index (χ2v) is 5.35. The summed E-state index contributed by atoms with van der Waals surface area (Å²) in [5, 5.41) is 3.15. The van der Waals surface area contributed by atoms with Crippen LogP contribution in [-0.2, 0) is 0 Å². The number of nitrogens with one attached hydrogen (secondary N) is 2. The summed E-state index contributed by atoms with van der Waals surface area (Å²) in [4.78, 5) is 8.61. The number of aromatic nitrogens is 2. The van der Waals surface area contributed by atoms with Crippen LogP contribution in [0, 0.1) is 0 Å². The predicted octanol–water partition coefficient (Wildman–Crippen LogP) is 2.06. The fraction of sp³-hybridized carbons (Fsp3) is 0.200. The van der Waals surface area contributed by atoms with Crippen molar-refractivity contribution >= 4 is 48.9 Å². The van der Waals surface area contributed by atoms with Gasteiger partial charge in [-0.15, -0.1) is 0 Å². The van der Waals surface area contributed by atoms with E-state index in [2.05, 4.69) is 52.6 Å². The highest BCUT2D eigenvalue weighted by Gasteiger charge is 2.09. The smallest absolute Gasteiger partial charge is 0.211 e. The molecular weight excluding hydrogens is 350 g/mol. The van der Waals surface area contributed by atoms with Crippen molar-refractivity contribution in [2.45, 2.75) is 0 Å². The lowest BCUT2D eigenvalue weighted by Gasteiger charge is -2.08. The topological polar surface area (TPSA) is 54.2 Å². The standard InChI is InChI=1S/C10H9Br2N5/c11-6-3-8-9(4-7(6)12)17(5-15-8)16-10-13-1-2-14-10/h3-5H,1-2H2,(H2,13,14,16). The third-order valence-corrected chi connectivity index (χ3v) is 4.33. The predicted molar refractivity (Wildman–Crippen MR) is 74.8 cm³/mol. The summed E-state index contributed by atoms with van der Waals surface area (Å²) in [6.07, 6.45) is 1.74. The number of aliphatic imine (C=N–C) groups is 1. The maximum absolute atomic E-state index is 4.33. The number of imidazole rings is 1. The van der Waals surface area contributed by atoms with Gasteiger partial charge in [0.25, 0.3) is 0 Å². The minimum atomic E-state index is 0.781. The van der Waals surface area contributed by atoms with Crippen molar-refractivity contribution in [1.29, 1.82) is 0 Å². The summed E-state index contributed by atoms with van der Waals surface area (Å²) in [6, 6.07) is 3.98. The maximum atomic E-state index is 4.33. The molecule has 1 aromatic carbocycles. The van der Waals surface area contributed by atoms with Crippen LogP contribution < -0.4 is 10.7 Å². The quantitative estimate of drug-likeness (QED) is 0.820. The van der Waals surface area contributed by atoms with Gasteiger partial charge in [0.1, 0.15) is 6.33 Å². The molecule has 0 radical (unpaired) electrons. The molecule has 0 saturated heterocycles. The Morgan fingerprint density at radius 3 is 2.88 bits per heavy atom. The van der Waals surface area contributed by atoms with E-state index in [1.807, 2.05) is 16.8 Å². The molecule has 0 aliphatic carbocycles. The van der Waals surface area contributed by atoms with Gasteiger partial charge in [0.05, 0.1) is 17.6 Å². The van der Waals surface area contributed by atoms with E-state index in [1.54, 1.807) is 6.33 Å². The Balaban J connectivity index is 2.02. The summed E-state index contributed by atoms with van der Waals surface area (Å²) < 4.78 is 3.84. The Hall–Kier alpha value is -1.08. The van der Waals surface area contributed by atoms with Gasteiger partial charge in [-0.3, -0.25) is 10.4 Å². The Labute approximate surface area is 115 Å². The van der Waals surface area contributed by atoms with Crippen LogP contribution in [0.25, 0.3) is 11.0 Å². The van der Waals surface area contributed by atoms with Crippen molar-refractivity contribution in [3.05, 3.63) is 27.4 Å². The van der Waals surface area contributed by atoms with Gasteiger partial charge in [-0.25, -0.2) is 9.66 Å². The number of hydrogen-bond donors (Lipinski definition) is 2. The van der Waals surface area contributed by atoms with Gasteiger partial charge in [0.2, 0.25) is 5.96 Å². The molecule has 1 aliphatic rings. The third-order valence-electron chi connectivity index (χ3n) is 2.49. The minimum absolute atomic E-state index is 0.781. The Bertz CT molecular complexity index is 604. The molecule has 2 heterocycles. The monoisotopic (exact) mass is 357 g/mol. The van der Waals surface area contributed by atoms with Crippen molar-refractivity contribution in [2.75, 3.05) is 18.5 Å². The second-order valence-electron chi connectivity index (χ2n) is 3.64. The van der Waals surface area contributed by atoms with Gasteiger partial charge in [-0.2, -0.15) is 0 Å². The lowest BCUT2D eigenvalue weighted by atomic mass is 10.3. The highest BCUT2D eigenvalue weighted by molar-refractivity contribution is 9.13. The van der Waals surface area contributed by atoms with E-state index in [9.17, 15) is 0 Å². The molecule has 1 aromatic heterocycles. The van der Waals surface area contributed by atoms with Crippen LogP contribution in [0.3, 0.4) is 0 Å². The molecule has 0 spiro atoms. The van der Waals surface area contributed by atoms with E-state index in [1.165, 1.54) is 0 Å². The average molecular weight is 359 g/mol. The number of nitrogens with zero attached hydrogens (tertiary/aromatic N) is 3. The van der Waals surface area contributed by atoms with Crippen molar-refractivity contribution in [3.63, 3.8) is 0 Å². The zero-order valence-corrected chi connectivity index (χ0v) is 11.9. The number of benzene rings is 1. The molecule has 0 atom stereocenters. The molecule has 0 amide bonds. The van der Waals surface area contributed by atoms with E-state index in [4.69, 9.17) is 0 Å². The molecule has 0 bridgehead atoms. The van der Waals surface area contributed by atoms with E-state index < -0.39 is 0 Å². The second kappa shape index (κ2) is 4.30. The fourth-order valence-electron chi connectivity index (χ4n) is 1.68. The number of halogens is 2. The SMILES string of the molecule is Brc1cc2ncn(NC3=NCCN3)c2cc1Br. The van der Waals surface area contributed by atoms with Crippen molar-refractivity contribution in [1.82, 2.24) is 15.0 Å². The fourth-order valence-corrected chi connectivity index (χ4v) is 2.34. The molecule has 2 N–H and O–H groups in total. The zero-order valence-electron chi connectivity index (χ0n) is 8.74. The molecule has 88 valence electrons. The van der Waals surface area contributed by atoms with E-state index in [0.717, 1.165) is 39.0 Å². The minimum Gasteiger partial charge on any atom is -0.353 e. The first-order valence-corrected chi connectivity index (χ1v) is 6.70. The molecule has 3 rings (SSSR count). The molecule has 7 heteroatoms. The molecular formula is C10H9Br2N5. The Morgan fingerprint density at radius 2 is 2.12 bits per heavy atom. The lowest BCUT2D eigenvalue weighted by molar-refractivity contribution is 0.937. The van der Waals surface area contributed by atoms with Crippen LogP contribution in [0.4, 0.5) is 0 Å².